The van der Waals surface area contributed by atoms with Crippen molar-refractivity contribution >= 4 is 6.29 Å². The summed E-state index contributed by atoms with van der Waals surface area (Å²) in [6, 6.07) is 5.77. The Morgan fingerprint density at radius 3 is 3.00 bits per heavy atom. The van der Waals surface area contributed by atoms with Gasteiger partial charge < -0.3 is 10.5 Å². The van der Waals surface area contributed by atoms with Crippen LogP contribution in [0, 0.1) is 0 Å². The lowest BCUT2D eigenvalue weighted by Crippen LogP contribution is -2.26. The van der Waals surface area contributed by atoms with Gasteiger partial charge in [0.25, 0.3) is 0 Å². The van der Waals surface area contributed by atoms with E-state index < -0.39 is 0 Å². The summed E-state index contributed by atoms with van der Waals surface area (Å²) < 4.78 is 5.31. The van der Waals surface area contributed by atoms with Crippen molar-refractivity contribution < 1.29 is 9.53 Å². The minimum Gasteiger partial charge on any atom is -0.496 e. The molecular weight excluding hydrogens is 216 g/mol. The molecular formula is C13H18N2O2. The molecule has 1 fully saturated rings. The first-order valence-electron chi connectivity index (χ1n) is 5.83. The van der Waals surface area contributed by atoms with Gasteiger partial charge in [-0.05, 0) is 24.6 Å². The van der Waals surface area contributed by atoms with Gasteiger partial charge in [0.1, 0.15) is 12.0 Å². The smallest absolute Gasteiger partial charge is 0.150 e. The highest BCUT2D eigenvalue weighted by molar-refractivity contribution is 5.75. The fourth-order valence-electron chi connectivity index (χ4n) is 2.24. The molecule has 1 atom stereocenters. The highest BCUT2D eigenvalue weighted by Gasteiger charge is 2.20. The zero-order valence-corrected chi connectivity index (χ0v) is 10.1. The van der Waals surface area contributed by atoms with Crippen LogP contribution in [0.4, 0.5) is 0 Å². The molecule has 1 unspecified atom stereocenters. The van der Waals surface area contributed by atoms with Crippen molar-refractivity contribution in [3.05, 3.63) is 29.3 Å². The Morgan fingerprint density at radius 1 is 1.59 bits per heavy atom. The summed E-state index contributed by atoms with van der Waals surface area (Å²) in [6.07, 6.45) is 1.90. The molecule has 0 saturated carbocycles. The SMILES string of the molecule is COc1ccc(C=O)cc1CN1CCC(N)C1. The summed E-state index contributed by atoms with van der Waals surface area (Å²) in [5, 5.41) is 0. The maximum atomic E-state index is 10.8. The molecule has 1 heterocycles. The Bertz CT molecular complexity index is 406. The molecule has 1 aliphatic rings. The van der Waals surface area contributed by atoms with Gasteiger partial charge in [0, 0.05) is 36.8 Å². The minimum absolute atomic E-state index is 0.273. The average molecular weight is 234 g/mol. The number of carbonyl (C=O) groups excluding carboxylic acids is 1. The predicted octanol–water partition coefficient (Wildman–Crippen LogP) is 1.04. The number of rotatable bonds is 4. The van der Waals surface area contributed by atoms with Crippen LogP contribution in [0.25, 0.3) is 0 Å². The van der Waals surface area contributed by atoms with Crippen LogP contribution < -0.4 is 10.5 Å². The number of hydrogen-bond acceptors (Lipinski definition) is 4. The molecule has 1 aromatic rings. The number of nitrogens with two attached hydrogens (primary N) is 1. The summed E-state index contributed by atoms with van der Waals surface area (Å²) in [5.74, 6) is 0.830. The number of benzene rings is 1. The van der Waals surface area contributed by atoms with E-state index in [0.29, 0.717) is 5.56 Å². The molecule has 0 radical (unpaired) electrons. The zero-order chi connectivity index (χ0) is 12.3. The van der Waals surface area contributed by atoms with Gasteiger partial charge in [0.2, 0.25) is 0 Å². The molecule has 4 nitrogen and oxygen atoms in total. The lowest BCUT2D eigenvalue weighted by molar-refractivity contribution is 0.112. The van der Waals surface area contributed by atoms with E-state index >= 15 is 0 Å². The number of carbonyl (C=O) groups is 1. The van der Waals surface area contributed by atoms with Crippen LogP contribution in [0.5, 0.6) is 5.75 Å². The van der Waals surface area contributed by atoms with Crippen LogP contribution in [-0.2, 0) is 6.54 Å². The molecule has 1 aromatic carbocycles. The molecule has 0 amide bonds. The molecule has 17 heavy (non-hydrogen) atoms. The van der Waals surface area contributed by atoms with E-state index in [2.05, 4.69) is 4.90 Å². The van der Waals surface area contributed by atoms with Crippen LogP contribution in [0.15, 0.2) is 18.2 Å². The van der Waals surface area contributed by atoms with Gasteiger partial charge in [-0.25, -0.2) is 0 Å². The van der Waals surface area contributed by atoms with Gasteiger partial charge in [0.05, 0.1) is 7.11 Å². The standard InChI is InChI=1S/C13H18N2O2/c1-17-13-3-2-10(9-16)6-11(13)7-15-5-4-12(14)8-15/h2-3,6,9,12H,4-5,7-8,14H2,1H3. The van der Waals surface area contributed by atoms with Crippen molar-refractivity contribution in [1.29, 1.82) is 0 Å². The third-order valence-electron chi connectivity index (χ3n) is 3.14. The van der Waals surface area contributed by atoms with Crippen molar-refractivity contribution in [2.24, 2.45) is 5.73 Å². The van der Waals surface area contributed by atoms with Gasteiger partial charge in [-0.3, -0.25) is 9.69 Å². The van der Waals surface area contributed by atoms with E-state index in [9.17, 15) is 4.79 Å². The minimum atomic E-state index is 0.273. The summed E-state index contributed by atoms with van der Waals surface area (Å²) >= 11 is 0. The summed E-state index contributed by atoms with van der Waals surface area (Å²) in [6.45, 7) is 2.71. The first-order valence-corrected chi connectivity index (χ1v) is 5.83. The van der Waals surface area contributed by atoms with Crippen molar-refractivity contribution in [2.45, 2.75) is 19.0 Å². The number of nitrogens with zero attached hydrogens (tertiary/aromatic N) is 1. The molecule has 1 aliphatic heterocycles. The topological polar surface area (TPSA) is 55.6 Å². The molecule has 4 heteroatoms. The van der Waals surface area contributed by atoms with Crippen LogP contribution in [0.2, 0.25) is 0 Å². The Labute approximate surface area is 101 Å². The first-order chi connectivity index (χ1) is 8.22. The quantitative estimate of drug-likeness (QED) is 0.791. The van der Waals surface area contributed by atoms with Crippen LogP contribution >= 0.6 is 0 Å². The second-order valence-electron chi connectivity index (χ2n) is 4.47. The van der Waals surface area contributed by atoms with Crippen molar-refractivity contribution in [2.75, 3.05) is 20.2 Å². The second-order valence-corrected chi connectivity index (χ2v) is 4.47. The highest BCUT2D eigenvalue weighted by Crippen LogP contribution is 2.22. The van der Waals surface area contributed by atoms with Gasteiger partial charge in [-0.1, -0.05) is 0 Å². The van der Waals surface area contributed by atoms with Crippen LogP contribution in [0.1, 0.15) is 22.3 Å². The Hall–Kier alpha value is -1.39. The Morgan fingerprint density at radius 2 is 2.41 bits per heavy atom. The van der Waals surface area contributed by atoms with Crippen molar-refractivity contribution in [1.82, 2.24) is 4.90 Å². The van der Waals surface area contributed by atoms with Crippen LogP contribution in [-0.4, -0.2) is 37.4 Å². The zero-order valence-electron chi connectivity index (χ0n) is 10.1. The van der Waals surface area contributed by atoms with Crippen LogP contribution in [0.3, 0.4) is 0 Å². The van der Waals surface area contributed by atoms with E-state index in [0.717, 1.165) is 43.7 Å². The Balaban J connectivity index is 2.15. The highest BCUT2D eigenvalue weighted by atomic mass is 16.5. The fraction of sp³-hybridized carbons (Fsp3) is 0.462. The monoisotopic (exact) mass is 234 g/mol. The van der Waals surface area contributed by atoms with Gasteiger partial charge in [-0.15, -0.1) is 0 Å². The van der Waals surface area contributed by atoms with Gasteiger partial charge in [-0.2, -0.15) is 0 Å². The third kappa shape index (κ3) is 2.84. The summed E-state index contributed by atoms with van der Waals surface area (Å²) in [5.41, 5.74) is 7.61. The maximum absolute atomic E-state index is 10.8. The molecule has 0 spiro atoms. The first kappa shape index (κ1) is 12.1. The normalized spacial score (nSPS) is 20.5. The molecule has 92 valence electrons. The molecule has 1 saturated heterocycles. The predicted molar refractivity (Wildman–Crippen MR) is 66.3 cm³/mol. The maximum Gasteiger partial charge on any atom is 0.150 e. The number of hydrogen-bond donors (Lipinski definition) is 1. The molecule has 2 N–H and O–H groups in total. The average Bonchev–Trinajstić information content (AvgIpc) is 2.74. The second kappa shape index (κ2) is 5.29. The Kier molecular flexibility index (Phi) is 3.76. The van der Waals surface area contributed by atoms with E-state index in [1.54, 1.807) is 13.2 Å². The summed E-state index contributed by atoms with van der Waals surface area (Å²) in [7, 11) is 1.65. The lowest BCUT2D eigenvalue weighted by Gasteiger charge is -2.17. The van der Waals surface area contributed by atoms with E-state index in [4.69, 9.17) is 10.5 Å². The number of likely N-dealkylation sites (tertiary alicyclic amines) is 1. The third-order valence-corrected chi connectivity index (χ3v) is 3.14. The fourth-order valence-corrected chi connectivity index (χ4v) is 2.24. The number of aldehydes is 1. The van der Waals surface area contributed by atoms with Gasteiger partial charge in [0.15, 0.2) is 0 Å². The summed E-state index contributed by atoms with van der Waals surface area (Å²) in [4.78, 5) is 13.1. The van der Waals surface area contributed by atoms with Crippen molar-refractivity contribution in [3.8, 4) is 5.75 Å². The van der Waals surface area contributed by atoms with Crippen molar-refractivity contribution in [3.63, 3.8) is 0 Å². The largest absolute Gasteiger partial charge is 0.496 e. The van der Waals surface area contributed by atoms with E-state index in [1.807, 2.05) is 12.1 Å². The molecule has 0 aliphatic carbocycles. The molecule has 2 rings (SSSR count). The van der Waals surface area contributed by atoms with E-state index in [1.165, 1.54) is 0 Å². The van der Waals surface area contributed by atoms with Gasteiger partial charge >= 0.3 is 0 Å². The lowest BCUT2D eigenvalue weighted by atomic mass is 10.1. The van der Waals surface area contributed by atoms with E-state index in [-0.39, 0.29) is 6.04 Å². The number of ether oxygens (including phenoxy) is 1. The molecule has 0 bridgehead atoms. The molecule has 0 aromatic heterocycles. The number of methoxy groups -OCH3 is 1.